The van der Waals surface area contributed by atoms with E-state index >= 15 is 0 Å². The summed E-state index contributed by atoms with van der Waals surface area (Å²) in [5.41, 5.74) is 2.00. The molecule has 0 spiro atoms. The maximum Gasteiger partial charge on any atom is 0.228 e. The Morgan fingerprint density at radius 3 is 2.44 bits per heavy atom. The van der Waals surface area contributed by atoms with E-state index in [9.17, 15) is 9.59 Å². The van der Waals surface area contributed by atoms with Crippen LogP contribution in [0.3, 0.4) is 0 Å². The fourth-order valence-electron chi connectivity index (χ4n) is 3.32. The highest BCUT2D eigenvalue weighted by molar-refractivity contribution is 5.99. The third-order valence-corrected chi connectivity index (χ3v) is 4.93. The van der Waals surface area contributed by atoms with Crippen LogP contribution < -0.4 is 15.5 Å². The van der Waals surface area contributed by atoms with Crippen molar-refractivity contribution < 1.29 is 14.3 Å². The molecule has 2 amide bonds. The molecule has 1 aromatic carbocycles. The van der Waals surface area contributed by atoms with Crippen LogP contribution in [0.5, 0.6) is 0 Å². The zero-order valence-electron chi connectivity index (χ0n) is 14.8. The summed E-state index contributed by atoms with van der Waals surface area (Å²) in [4.78, 5) is 26.6. The van der Waals surface area contributed by atoms with Crippen LogP contribution in [-0.2, 0) is 14.3 Å². The number of rotatable bonds is 7. The molecule has 1 aliphatic carbocycles. The number of carbonyl (C=O) groups excluding carboxylic acids is 2. The minimum Gasteiger partial charge on any atom is -0.383 e. The second-order valence-electron chi connectivity index (χ2n) is 6.82. The molecule has 1 saturated heterocycles. The lowest BCUT2D eigenvalue weighted by molar-refractivity contribution is -0.125. The molecule has 136 valence electrons. The highest BCUT2D eigenvalue weighted by Crippen LogP contribution is 2.39. The maximum absolute atomic E-state index is 12.3. The predicted molar refractivity (Wildman–Crippen MR) is 97.6 cm³/mol. The van der Waals surface area contributed by atoms with Crippen LogP contribution in [0.15, 0.2) is 24.3 Å². The molecule has 2 unspecified atom stereocenters. The highest BCUT2D eigenvalue weighted by atomic mass is 16.5. The first-order valence-corrected chi connectivity index (χ1v) is 9.11. The summed E-state index contributed by atoms with van der Waals surface area (Å²) in [5, 5.41) is 5.71. The molecule has 0 radical (unpaired) electrons. The van der Waals surface area contributed by atoms with Crippen LogP contribution in [0.2, 0.25) is 0 Å². The molecule has 1 aromatic rings. The number of hydrogen-bond acceptors (Lipinski definition) is 4. The van der Waals surface area contributed by atoms with Gasteiger partial charge in [0.2, 0.25) is 11.8 Å². The van der Waals surface area contributed by atoms with Gasteiger partial charge in [0.05, 0.1) is 18.4 Å². The Morgan fingerprint density at radius 2 is 1.76 bits per heavy atom. The first-order valence-electron chi connectivity index (χ1n) is 9.11. The average Bonchev–Trinajstić information content (AvgIpc) is 3.44. The zero-order chi connectivity index (χ0) is 17.6. The summed E-state index contributed by atoms with van der Waals surface area (Å²) in [6.45, 7) is 3.18. The van der Waals surface area contributed by atoms with Crippen LogP contribution in [0.4, 0.5) is 11.4 Å². The van der Waals surface area contributed by atoms with E-state index in [4.69, 9.17) is 4.74 Å². The molecule has 0 aromatic heterocycles. The van der Waals surface area contributed by atoms with E-state index in [1.54, 1.807) is 7.11 Å². The third-order valence-electron chi connectivity index (χ3n) is 4.93. The topological polar surface area (TPSA) is 70.7 Å². The molecule has 2 N–H and O–H groups in total. The largest absolute Gasteiger partial charge is 0.383 e. The van der Waals surface area contributed by atoms with Gasteiger partial charge in [-0.2, -0.15) is 0 Å². The molecule has 2 atom stereocenters. The second-order valence-corrected chi connectivity index (χ2v) is 6.82. The molecule has 3 rings (SSSR count). The van der Waals surface area contributed by atoms with Gasteiger partial charge in [-0.05, 0) is 49.9 Å². The molecule has 1 saturated carbocycles. The van der Waals surface area contributed by atoms with Gasteiger partial charge in [0, 0.05) is 38.1 Å². The van der Waals surface area contributed by atoms with Crippen molar-refractivity contribution in [3.8, 4) is 0 Å². The SMILES string of the molecule is COCCNC(=O)C1CC1C(=O)Nc1ccc(N2CCCCC2)cc1. The maximum atomic E-state index is 12.3. The highest BCUT2D eigenvalue weighted by Gasteiger charge is 2.47. The lowest BCUT2D eigenvalue weighted by atomic mass is 10.1. The number of benzene rings is 1. The summed E-state index contributed by atoms with van der Waals surface area (Å²) in [6, 6.07) is 8.00. The van der Waals surface area contributed by atoms with Crippen molar-refractivity contribution in [1.29, 1.82) is 0 Å². The molecule has 2 fully saturated rings. The van der Waals surface area contributed by atoms with E-state index in [0.717, 1.165) is 18.8 Å². The van der Waals surface area contributed by atoms with Gasteiger partial charge in [-0.3, -0.25) is 9.59 Å². The van der Waals surface area contributed by atoms with E-state index in [1.807, 2.05) is 12.1 Å². The van der Waals surface area contributed by atoms with E-state index < -0.39 is 0 Å². The van der Waals surface area contributed by atoms with Gasteiger partial charge in [-0.25, -0.2) is 0 Å². The first-order chi connectivity index (χ1) is 12.2. The Labute approximate surface area is 148 Å². The standard InChI is InChI=1S/C19H27N3O3/c1-25-12-9-20-18(23)16-13-17(16)19(24)21-14-5-7-15(8-6-14)22-10-3-2-4-11-22/h5-8,16-17H,2-4,9-13H2,1H3,(H,20,23)(H,21,24). The van der Waals surface area contributed by atoms with E-state index in [0.29, 0.717) is 19.6 Å². The van der Waals surface area contributed by atoms with Crippen molar-refractivity contribution in [2.24, 2.45) is 11.8 Å². The summed E-state index contributed by atoms with van der Waals surface area (Å²) < 4.78 is 4.90. The molecule has 25 heavy (non-hydrogen) atoms. The molecule has 0 bridgehead atoms. The number of ether oxygens (including phenoxy) is 1. The van der Waals surface area contributed by atoms with Crippen molar-refractivity contribution >= 4 is 23.2 Å². The minimum absolute atomic E-state index is 0.0577. The Morgan fingerprint density at radius 1 is 1.08 bits per heavy atom. The van der Waals surface area contributed by atoms with Crippen molar-refractivity contribution in [1.82, 2.24) is 5.32 Å². The number of anilines is 2. The van der Waals surface area contributed by atoms with Gasteiger partial charge in [0.15, 0.2) is 0 Å². The van der Waals surface area contributed by atoms with E-state index in [2.05, 4.69) is 27.7 Å². The van der Waals surface area contributed by atoms with Gasteiger partial charge in [-0.1, -0.05) is 0 Å². The number of piperidine rings is 1. The first kappa shape index (κ1) is 17.7. The van der Waals surface area contributed by atoms with E-state index in [1.165, 1.54) is 24.9 Å². The van der Waals surface area contributed by atoms with Gasteiger partial charge in [0.25, 0.3) is 0 Å². The van der Waals surface area contributed by atoms with Crippen LogP contribution in [0.1, 0.15) is 25.7 Å². The summed E-state index contributed by atoms with van der Waals surface area (Å²) >= 11 is 0. The summed E-state index contributed by atoms with van der Waals surface area (Å²) in [5.74, 6) is -0.552. The number of methoxy groups -OCH3 is 1. The molecule has 6 nitrogen and oxygen atoms in total. The fourth-order valence-corrected chi connectivity index (χ4v) is 3.32. The van der Waals surface area contributed by atoms with Gasteiger partial charge in [0.1, 0.15) is 0 Å². The average molecular weight is 345 g/mol. The molecule has 2 aliphatic rings. The quantitative estimate of drug-likeness (QED) is 0.742. The predicted octanol–water partition coefficient (Wildman–Crippen LogP) is 2.01. The van der Waals surface area contributed by atoms with Crippen LogP contribution in [-0.4, -0.2) is 45.2 Å². The number of amides is 2. The Bertz CT molecular complexity index is 596. The van der Waals surface area contributed by atoms with Gasteiger partial charge < -0.3 is 20.3 Å². The number of nitrogens with zero attached hydrogens (tertiary/aromatic N) is 1. The van der Waals surface area contributed by atoms with Crippen LogP contribution in [0.25, 0.3) is 0 Å². The third kappa shape index (κ3) is 4.72. The normalized spacial score (nSPS) is 22.4. The van der Waals surface area contributed by atoms with Gasteiger partial charge in [-0.15, -0.1) is 0 Å². The molecule has 1 heterocycles. The monoisotopic (exact) mass is 345 g/mol. The van der Waals surface area contributed by atoms with Crippen molar-refractivity contribution in [3.63, 3.8) is 0 Å². The summed E-state index contributed by atoms with van der Waals surface area (Å²) in [6.07, 6.45) is 4.42. The lowest BCUT2D eigenvalue weighted by Gasteiger charge is -2.28. The van der Waals surface area contributed by atoms with Crippen molar-refractivity contribution in [2.45, 2.75) is 25.7 Å². The van der Waals surface area contributed by atoms with Crippen molar-refractivity contribution in [2.75, 3.05) is 43.6 Å². The zero-order valence-corrected chi connectivity index (χ0v) is 14.8. The number of nitrogens with one attached hydrogen (secondary N) is 2. The van der Waals surface area contributed by atoms with Crippen LogP contribution >= 0.6 is 0 Å². The smallest absolute Gasteiger partial charge is 0.228 e. The minimum atomic E-state index is -0.218. The van der Waals surface area contributed by atoms with Gasteiger partial charge >= 0.3 is 0 Å². The number of hydrogen-bond donors (Lipinski definition) is 2. The van der Waals surface area contributed by atoms with E-state index in [-0.39, 0.29) is 23.7 Å². The van der Waals surface area contributed by atoms with Crippen LogP contribution in [0, 0.1) is 11.8 Å². The molecular weight excluding hydrogens is 318 g/mol. The Kier molecular flexibility index (Phi) is 5.91. The Balaban J connectivity index is 1.46. The molecule has 6 heteroatoms. The fraction of sp³-hybridized carbons (Fsp3) is 0.579. The van der Waals surface area contributed by atoms with Crippen molar-refractivity contribution in [3.05, 3.63) is 24.3 Å². The summed E-state index contributed by atoms with van der Waals surface area (Å²) in [7, 11) is 1.59. The molecule has 1 aliphatic heterocycles. The second kappa shape index (κ2) is 8.34. The molecular formula is C19H27N3O3. The number of carbonyl (C=O) groups is 2. The lowest BCUT2D eigenvalue weighted by Crippen LogP contribution is -2.30. The Hall–Kier alpha value is -2.08.